The first-order chi connectivity index (χ1) is 11.3. The lowest BCUT2D eigenvalue weighted by Gasteiger charge is -2.33. The highest BCUT2D eigenvalue weighted by Gasteiger charge is 2.34. The van der Waals surface area contributed by atoms with Crippen molar-refractivity contribution in [1.82, 2.24) is 15.5 Å². The Hall–Kier alpha value is -0.910. The van der Waals surface area contributed by atoms with Gasteiger partial charge in [-0.1, -0.05) is 0 Å². The van der Waals surface area contributed by atoms with Gasteiger partial charge >= 0.3 is 0 Å². The number of thioether (sulfide) groups is 1. The van der Waals surface area contributed by atoms with Gasteiger partial charge in [0.05, 0.1) is 0 Å². The third-order valence-corrected chi connectivity index (χ3v) is 6.25. The van der Waals surface area contributed by atoms with Gasteiger partial charge in [-0.05, 0) is 55.9 Å². The van der Waals surface area contributed by atoms with Crippen LogP contribution in [0.25, 0.3) is 0 Å². The molecule has 0 spiro atoms. The van der Waals surface area contributed by atoms with Crippen molar-refractivity contribution in [2.45, 2.75) is 44.6 Å². The molecular formula is C17H30N4OS. The highest BCUT2D eigenvalue weighted by molar-refractivity contribution is 7.99. The Morgan fingerprint density at radius 1 is 1.13 bits per heavy atom. The zero-order valence-corrected chi connectivity index (χ0v) is 15.0. The number of hydrogen-bond donors (Lipinski definition) is 2. The van der Waals surface area contributed by atoms with E-state index in [1.54, 1.807) is 0 Å². The molecule has 6 heteroatoms. The molecule has 0 atom stereocenters. The summed E-state index contributed by atoms with van der Waals surface area (Å²) in [5, 5.41) is 7.04. The zero-order chi connectivity index (χ0) is 16.1. The van der Waals surface area contributed by atoms with Gasteiger partial charge in [0.2, 0.25) is 5.91 Å². The van der Waals surface area contributed by atoms with Gasteiger partial charge < -0.3 is 15.5 Å². The van der Waals surface area contributed by atoms with E-state index in [0.29, 0.717) is 17.9 Å². The number of likely N-dealkylation sites (tertiary alicyclic amines) is 1. The summed E-state index contributed by atoms with van der Waals surface area (Å²) in [5.74, 6) is 5.05. The molecule has 5 nitrogen and oxygen atoms in total. The van der Waals surface area contributed by atoms with Crippen LogP contribution in [0.5, 0.6) is 0 Å². The largest absolute Gasteiger partial charge is 0.356 e. The standard InChI is InChI=1S/C17H30N4OS/c1-18-17(19-12-13-6-10-23-11-7-13)20-15-4-8-21(9-5-15)16(22)14-2-3-14/h13-15H,2-12H2,1H3,(H2,18,19,20). The summed E-state index contributed by atoms with van der Waals surface area (Å²) in [6.07, 6.45) is 6.89. The molecule has 2 aliphatic heterocycles. The molecule has 0 bridgehead atoms. The third-order valence-electron chi connectivity index (χ3n) is 5.20. The molecule has 1 amide bonds. The molecule has 0 aromatic heterocycles. The second kappa shape index (κ2) is 8.27. The van der Waals surface area contributed by atoms with Gasteiger partial charge in [-0.15, -0.1) is 0 Å². The van der Waals surface area contributed by atoms with Crippen LogP contribution in [0.4, 0.5) is 0 Å². The summed E-state index contributed by atoms with van der Waals surface area (Å²) in [6.45, 7) is 2.81. The van der Waals surface area contributed by atoms with Gasteiger partial charge in [0.1, 0.15) is 0 Å². The van der Waals surface area contributed by atoms with Crippen LogP contribution in [0.1, 0.15) is 38.5 Å². The molecule has 0 radical (unpaired) electrons. The topological polar surface area (TPSA) is 56.7 Å². The maximum atomic E-state index is 12.1. The summed E-state index contributed by atoms with van der Waals surface area (Å²) in [5.41, 5.74) is 0. The second-order valence-electron chi connectivity index (χ2n) is 7.03. The first-order valence-corrected chi connectivity index (χ1v) is 10.3. The molecule has 3 fully saturated rings. The van der Waals surface area contributed by atoms with Crippen LogP contribution in [0.15, 0.2) is 4.99 Å². The number of guanidine groups is 1. The van der Waals surface area contributed by atoms with Crippen LogP contribution >= 0.6 is 11.8 Å². The van der Waals surface area contributed by atoms with Crippen molar-refractivity contribution in [3.63, 3.8) is 0 Å². The molecule has 3 aliphatic rings. The lowest BCUT2D eigenvalue weighted by atomic mass is 10.0. The van der Waals surface area contributed by atoms with E-state index in [4.69, 9.17) is 0 Å². The molecule has 1 aliphatic carbocycles. The predicted octanol–water partition coefficient (Wildman–Crippen LogP) is 1.70. The highest BCUT2D eigenvalue weighted by atomic mass is 32.2. The van der Waals surface area contributed by atoms with Gasteiger partial charge in [0.25, 0.3) is 0 Å². The fraction of sp³-hybridized carbons (Fsp3) is 0.882. The summed E-state index contributed by atoms with van der Waals surface area (Å²) < 4.78 is 0. The fourth-order valence-corrected chi connectivity index (χ4v) is 4.62. The van der Waals surface area contributed by atoms with E-state index in [1.165, 1.54) is 24.3 Å². The van der Waals surface area contributed by atoms with Crippen molar-refractivity contribution in [3.8, 4) is 0 Å². The Kier molecular flexibility index (Phi) is 6.08. The minimum atomic E-state index is 0.350. The van der Waals surface area contributed by atoms with Crippen LogP contribution in [0.2, 0.25) is 0 Å². The maximum absolute atomic E-state index is 12.1. The van der Waals surface area contributed by atoms with E-state index in [0.717, 1.165) is 57.2 Å². The number of nitrogens with zero attached hydrogens (tertiary/aromatic N) is 2. The van der Waals surface area contributed by atoms with Gasteiger partial charge in [0, 0.05) is 38.6 Å². The Labute approximate surface area is 144 Å². The van der Waals surface area contributed by atoms with Gasteiger partial charge in [-0.3, -0.25) is 9.79 Å². The quantitative estimate of drug-likeness (QED) is 0.605. The number of amides is 1. The highest BCUT2D eigenvalue weighted by Crippen LogP contribution is 2.31. The van der Waals surface area contributed by atoms with Crippen LogP contribution < -0.4 is 10.6 Å². The van der Waals surface area contributed by atoms with E-state index in [1.807, 2.05) is 7.05 Å². The number of rotatable bonds is 4. The van der Waals surface area contributed by atoms with Crippen LogP contribution in [0.3, 0.4) is 0 Å². The van der Waals surface area contributed by atoms with E-state index < -0.39 is 0 Å². The minimum absolute atomic E-state index is 0.350. The van der Waals surface area contributed by atoms with Crippen LogP contribution in [-0.4, -0.2) is 61.0 Å². The van der Waals surface area contributed by atoms with Gasteiger partial charge in [-0.25, -0.2) is 0 Å². The number of piperidine rings is 1. The Bertz CT molecular complexity index is 424. The molecule has 1 saturated carbocycles. The summed E-state index contributed by atoms with van der Waals surface area (Å²) in [6, 6.07) is 0.436. The molecule has 0 unspecified atom stereocenters. The van der Waals surface area contributed by atoms with E-state index >= 15 is 0 Å². The lowest BCUT2D eigenvalue weighted by Crippen LogP contribution is -2.50. The van der Waals surface area contributed by atoms with E-state index in [9.17, 15) is 4.79 Å². The first kappa shape index (κ1) is 16.9. The molecule has 23 heavy (non-hydrogen) atoms. The van der Waals surface area contributed by atoms with Crippen molar-refractivity contribution in [1.29, 1.82) is 0 Å². The normalized spacial score (nSPS) is 24.6. The van der Waals surface area contributed by atoms with E-state index in [-0.39, 0.29) is 0 Å². The number of carbonyl (C=O) groups is 1. The summed E-state index contributed by atoms with van der Waals surface area (Å²) in [4.78, 5) is 18.5. The Morgan fingerprint density at radius 2 is 1.83 bits per heavy atom. The molecule has 2 saturated heterocycles. The molecule has 2 N–H and O–H groups in total. The SMILES string of the molecule is CN=C(NCC1CCSCC1)NC1CCN(C(=O)C2CC2)CC1. The van der Waals surface area contributed by atoms with Crippen molar-refractivity contribution in [3.05, 3.63) is 0 Å². The van der Waals surface area contributed by atoms with Crippen molar-refractivity contribution < 1.29 is 4.79 Å². The third kappa shape index (κ3) is 5.03. The summed E-state index contributed by atoms with van der Waals surface area (Å²) in [7, 11) is 1.85. The van der Waals surface area contributed by atoms with Crippen LogP contribution in [-0.2, 0) is 4.79 Å². The number of aliphatic imine (C=N–C) groups is 1. The summed E-state index contributed by atoms with van der Waals surface area (Å²) >= 11 is 2.07. The number of carbonyl (C=O) groups excluding carboxylic acids is 1. The molecule has 2 heterocycles. The Balaban J connectivity index is 1.37. The number of hydrogen-bond acceptors (Lipinski definition) is 3. The molecular weight excluding hydrogens is 308 g/mol. The van der Waals surface area contributed by atoms with Crippen LogP contribution in [0, 0.1) is 11.8 Å². The maximum Gasteiger partial charge on any atom is 0.225 e. The van der Waals surface area contributed by atoms with E-state index in [2.05, 4.69) is 32.3 Å². The average molecular weight is 339 g/mol. The van der Waals surface area contributed by atoms with Crippen molar-refractivity contribution in [2.24, 2.45) is 16.8 Å². The molecule has 3 rings (SSSR count). The molecule has 0 aromatic carbocycles. The number of nitrogens with one attached hydrogen (secondary N) is 2. The lowest BCUT2D eigenvalue weighted by molar-refractivity contribution is -0.133. The second-order valence-corrected chi connectivity index (χ2v) is 8.25. The minimum Gasteiger partial charge on any atom is -0.356 e. The van der Waals surface area contributed by atoms with Crippen molar-refractivity contribution in [2.75, 3.05) is 38.2 Å². The monoisotopic (exact) mass is 338 g/mol. The smallest absolute Gasteiger partial charge is 0.225 e. The predicted molar refractivity (Wildman–Crippen MR) is 96.9 cm³/mol. The Morgan fingerprint density at radius 3 is 2.43 bits per heavy atom. The van der Waals surface area contributed by atoms with Crippen molar-refractivity contribution >= 4 is 23.6 Å². The fourth-order valence-electron chi connectivity index (χ4n) is 3.41. The first-order valence-electron chi connectivity index (χ1n) is 9.10. The zero-order valence-electron chi connectivity index (χ0n) is 14.2. The van der Waals surface area contributed by atoms with Gasteiger partial charge in [-0.2, -0.15) is 11.8 Å². The molecule has 130 valence electrons. The van der Waals surface area contributed by atoms with Gasteiger partial charge in [0.15, 0.2) is 5.96 Å². The average Bonchev–Trinajstić information content (AvgIpc) is 3.44. The molecule has 0 aromatic rings.